The number of rotatable bonds is 17. The van der Waals surface area contributed by atoms with Gasteiger partial charge in [0.2, 0.25) is 0 Å². The number of aryl methyl sites for hydroxylation is 4. The Morgan fingerprint density at radius 1 is 0.600 bits per heavy atom. The number of nitrogens with zero attached hydrogens (tertiary/aromatic N) is 6. The molecule has 0 N–H and O–H groups in total. The van der Waals surface area contributed by atoms with Gasteiger partial charge in [0.1, 0.15) is 47.3 Å². The predicted octanol–water partition coefficient (Wildman–Crippen LogP) is 7.99. The first-order chi connectivity index (χ1) is 24.2. The lowest BCUT2D eigenvalue weighted by Gasteiger charge is -2.08. The molecule has 0 radical (unpaired) electrons. The third kappa shape index (κ3) is 9.10. The molecule has 2 aromatic carbocycles. The normalized spacial score (nSPS) is 11.5. The van der Waals surface area contributed by atoms with Crippen LogP contribution >= 0.6 is 23.2 Å². The minimum atomic E-state index is -0.412. The molecule has 0 atom stereocenters. The minimum Gasteiger partial charge on any atom is -0.485 e. The molecule has 0 spiro atoms. The van der Waals surface area contributed by atoms with Crippen molar-refractivity contribution in [2.24, 2.45) is 0 Å². The van der Waals surface area contributed by atoms with E-state index in [1.807, 2.05) is 35.6 Å². The fourth-order valence-electron chi connectivity index (χ4n) is 5.80. The van der Waals surface area contributed by atoms with Crippen LogP contribution in [0.25, 0.3) is 21.9 Å². The molecule has 6 rings (SSSR count). The first-order valence-electron chi connectivity index (χ1n) is 16.7. The summed E-state index contributed by atoms with van der Waals surface area (Å²) in [5, 5.41) is 19.3. The van der Waals surface area contributed by atoms with E-state index in [2.05, 4.69) is 20.6 Å². The quantitative estimate of drug-likeness (QED) is 0.0673. The first kappa shape index (κ1) is 35.2. The summed E-state index contributed by atoms with van der Waals surface area (Å²) < 4.78 is 26.0. The highest BCUT2D eigenvalue weighted by Gasteiger charge is 2.12. The fraction of sp³-hybridized carbons (Fsp3) is 0.389. The van der Waals surface area contributed by atoms with Crippen LogP contribution in [0.2, 0.25) is 10.0 Å². The standard InChI is InChI=1S/C36H38Cl2N6O6/c1-23-13-35(45)49-31-17-33(29(37)15-27(23)31)47-21-25-19-43(41-39-25)11-9-7-5-3-4-6-8-10-12-44-20-26(40-42-44)22-48-34-18-32-28(16-30(34)38)24(2)14-36(46)50-32/h13-20H,3-12,21-22H2,1-2H3. The van der Waals surface area contributed by atoms with Gasteiger partial charge < -0.3 is 18.3 Å². The van der Waals surface area contributed by atoms with Crippen molar-refractivity contribution in [3.63, 3.8) is 0 Å². The van der Waals surface area contributed by atoms with Crippen molar-refractivity contribution in [3.05, 3.63) is 102 Å². The summed E-state index contributed by atoms with van der Waals surface area (Å²) in [5.74, 6) is 0.852. The van der Waals surface area contributed by atoms with Gasteiger partial charge in [0.15, 0.2) is 0 Å². The van der Waals surface area contributed by atoms with E-state index in [1.54, 1.807) is 24.3 Å². The molecule has 6 aromatic rings. The number of unbranched alkanes of at least 4 members (excludes halogenated alkanes) is 7. The van der Waals surface area contributed by atoms with Crippen LogP contribution in [0, 0.1) is 13.8 Å². The SMILES string of the molecule is Cc1cc(=O)oc2cc(OCc3cn(CCCCCCCCCCn4cc(COc5cc6oc(=O)cc(C)c6cc5Cl)nn4)nn3)c(Cl)cc12. The molecule has 14 heteroatoms. The van der Waals surface area contributed by atoms with Crippen molar-refractivity contribution in [1.29, 1.82) is 0 Å². The van der Waals surface area contributed by atoms with E-state index in [0.717, 1.165) is 60.7 Å². The fourth-order valence-corrected chi connectivity index (χ4v) is 6.24. The third-order valence-corrected chi connectivity index (χ3v) is 9.05. The lowest BCUT2D eigenvalue weighted by atomic mass is 10.1. The predicted molar refractivity (Wildman–Crippen MR) is 190 cm³/mol. The van der Waals surface area contributed by atoms with Crippen LogP contribution in [0.4, 0.5) is 0 Å². The van der Waals surface area contributed by atoms with Crippen LogP contribution in [-0.2, 0) is 26.3 Å². The molecular formula is C36H38Cl2N6O6. The summed E-state index contributed by atoms with van der Waals surface area (Å²) in [6.07, 6.45) is 12.8. The topological polar surface area (TPSA) is 140 Å². The average molecular weight is 722 g/mol. The van der Waals surface area contributed by atoms with Gasteiger partial charge >= 0.3 is 11.3 Å². The van der Waals surface area contributed by atoms with E-state index in [4.69, 9.17) is 41.5 Å². The lowest BCUT2D eigenvalue weighted by molar-refractivity contribution is 0.301. The maximum atomic E-state index is 11.7. The number of aromatic nitrogens is 6. The monoisotopic (exact) mass is 720 g/mol. The average Bonchev–Trinajstić information content (AvgIpc) is 3.74. The molecule has 12 nitrogen and oxygen atoms in total. The third-order valence-electron chi connectivity index (χ3n) is 8.46. The number of benzene rings is 2. The van der Waals surface area contributed by atoms with Crippen molar-refractivity contribution in [3.8, 4) is 11.5 Å². The molecule has 262 valence electrons. The largest absolute Gasteiger partial charge is 0.485 e. The summed E-state index contributed by atoms with van der Waals surface area (Å²) in [4.78, 5) is 23.5. The molecule has 0 aliphatic carbocycles. The molecule has 0 bridgehead atoms. The Hall–Kier alpha value is -4.68. The van der Waals surface area contributed by atoms with Crippen molar-refractivity contribution < 1.29 is 18.3 Å². The molecule has 0 saturated carbocycles. The molecular weight excluding hydrogens is 683 g/mol. The van der Waals surface area contributed by atoms with Crippen LogP contribution in [0.1, 0.15) is 73.9 Å². The van der Waals surface area contributed by atoms with Gasteiger partial charge in [0.05, 0.1) is 22.4 Å². The Labute approximate surface area is 297 Å². The summed E-state index contributed by atoms with van der Waals surface area (Å²) >= 11 is 12.8. The summed E-state index contributed by atoms with van der Waals surface area (Å²) in [7, 11) is 0. The van der Waals surface area contributed by atoms with Crippen LogP contribution in [0.15, 0.2) is 67.2 Å². The van der Waals surface area contributed by atoms with Crippen molar-refractivity contribution in [1.82, 2.24) is 30.0 Å². The van der Waals surface area contributed by atoms with Crippen LogP contribution < -0.4 is 20.7 Å². The van der Waals surface area contributed by atoms with E-state index < -0.39 is 11.3 Å². The van der Waals surface area contributed by atoms with Gasteiger partial charge in [-0.15, -0.1) is 10.2 Å². The molecule has 0 aliphatic rings. The Morgan fingerprint density at radius 2 is 1.00 bits per heavy atom. The summed E-state index contributed by atoms with van der Waals surface area (Å²) in [6, 6.07) is 9.63. The second-order valence-electron chi connectivity index (χ2n) is 12.4. The molecule has 4 aromatic heterocycles. The molecule has 0 saturated heterocycles. The van der Waals surface area contributed by atoms with Crippen molar-refractivity contribution in [2.75, 3.05) is 0 Å². The smallest absolute Gasteiger partial charge is 0.336 e. The maximum Gasteiger partial charge on any atom is 0.336 e. The Balaban J connectivity index is 0.819. The van der Waals surface area contributed by atoms with E-state index in [9.17, 15) is 9.59 Å². The van der Waals surface area contributed by atoms with E-state index >= 15 is 0 Å². The molecule has 0 aliphatic heterocycles. The van der Waals surface area contributed by atoms with Gasteiger partial charge in [0, 0.05) is 48.1 Å². The van der Waals surface area contributed by atoms with E-state index in [0.29, 0.717) is 44.1 Å². The zero-order chi connectivity index (χ0) is 35.0. The highest BCUT2D eigenvalue weighted by Crippen LogP contribution is 2.32. The summed E-state index contributed by atoms with van der Waals surface area (Å²) in [6.45, 7) is 5.68. The lowest BCUT2D eigenvalue weighted by Crippen LogP contribution is -2.00. The van der Waals surface area contributed by atoms with Gasteiger partial charge in [-0.1, -0.05) is 72.2 Å². The number of halogens is 2. The highest BCUT2D eigenvalue weighted by atomic mass is 35.5. The molecule has 0 unspecified atom stereocenters. The van der Waals surface area contributed by atoms with E-state index in [1.165, 1.54) is 37.8 Å². The van der Waals surface area contributed by atoms with Crippen molar-refractivity contribution in [2.45, 2.75) is 91.5 Å². The zero-order valence-corrected chi connectivity index (χ0v) is 29.5. The van der Waals surface area contributed by atoms with Gasteiger partial charge in [-0.2, -0.15) is 0 Å². The second-order valence-corrected chi connectivity index (χ2v) is 13.2. The molecule has 4 heterocycles. The second kappa shape index (κ2) is 16.4. The zero-order valence-electron chi connectivity index (χ0n) is 28.0. The molecule has 0 fully saturated rings. The molecule has 0 amide bonds. The Kier molecular flexibility index (Phi) is 11.5. The number of ether oxygens (including phenoxy) is 2. The maximum absolute atomic E-state index is 11.7. The number of hydrogen-bond acceptors (Lipinski definition) is 10. The van der Waals surface area contributed by atoms with Crippen molar-refractivity contribution >= 4 is 45.1 Å². The Bertz CT molecular complexity index is 2050. The Morgan fingerprint density at radius 3 is 1.42 bits per heavy atom. The van der Waals surface area contributed by atoms with E-state index in [-0.39, 0.29) is 13.2 Å². The highest BCUT2D eigenvalue weighted by molar-refractivity contribution is 6.33. The summed E-state index contributed by atoms with van der Waals surface area (Å²) in [5.41, 5.74) is 3.03. The van der Waals surface area contributed by atoms with Gasteiger partial charge in [-0.05, 0) is 49.9 Å². The first-order valence-corrected chi connectivity index (χ1v) is 17.5. The van der Waals surface area contributed by atoms with Gasteiger partial charge in [-0.3, -0.25) is 9.36 Å². The van der Waals surface area contributed by atoms with Crippen LogP contribution in [0.5, 0.6) is 11.5 Å². The van der Waals surface area contributed by atoms with Gasteiger partial charge in [-0.25, -0.2) is 9.59 Å². The van der Waals surface area contributed by atoms with Gasteiger partial charge in [0.25, 0.3) is 0 Å². The van der Waals surface area contributed by atoms with Crippen LogP contribution in [0.3, 0.4) is 0 Å². The number of hydrogen-bond donors (Lipinski definition) is 0. The minimum absolute atomic E-state index is 0.206. The molecule has 50 heavy (non-hydrogen) atoms. The van der Waals surface area contributed by atoms with Crippen LogP contribution in [-0.4, -0.2) is 30.0 Å². The number of fused-ring (bicyclic) bond motifs is 2.